The van der Waals surface area contributed by atoms with Gasteiger partial charge in [0.25, 0.3) is 0 Å². The van der Waals surface area contributed by atoms with Gasteiger partial charge in [0.1, 0.15) is 0 Å². The lowest BCUT2D eigenvalue weighted by molar-refractivity contribution is 0.249. The van der Waals surface area contributed by atoms with Gasteiger partial charge in [-0.25, -0.2) is 18.2 Å². The maximum atomic E-state index is 11.8. The molecule has 0 aliphatic rings. The van der Waals surface area contributed by atoms with Gasteiger partial charge in [-0.05, 0) is 31.5 Å². The molecule has 120 valence electrons. The van der Waals surface area contributed by atoms with Gasteiger partial charge < -0.3 is 10.6 Å². The number of sulfonamides is 1. The lowest BCUT2D eigenvalue weighted by Gasteiger charge is -2.12. The number of rotatable bonds is 5. The second kappa shape index (κ2) is 6.49. The molecule has 0 aliphatic carbocycles. The lowest BCUT2D eigenvalue weighted by atomic mass is 10.2. The minimum Gasteiger partial charge on any atom is -0.335 e. The molecule has 0 unspecified atom stereocenters. The molecular weight excluding hydrogens is 324 g/mol. The third-order valence-electron chi connectivity index (χ3n) is 2.91. The molecule has 0 saturated carbocycles. The van der Waals surface area contributed by atoms with E-state index in [4.69, 9.17) is 0 Å². The number of amides is 2. The highest BCUT2D eigenvalue weighted by Crippen LogP contribution is 2.28. The summed E-state index contributed by atoms with van der Waals surface area (Å²) in [7, 11) is -3.35. The number of hydrogen-bond acceptors (Lipinski definition) is 5. The van der Waals surface area contributed by atoms with E-state index in [0.29, 0.717) is 16.3 Å². The minimum absolute atomic E-state index is 0.0951. The number of nitrogens with one attached hydrogen (secondary N) is 3. The maximum absolute atomic E-state index is 11.8. The van der Waals surface area contributed by atoms with Gasteiger partial charge in [0.2, 0.25) is 10.0 Å². The quantitative estimate of drug-likeness (QED) is 0.777. The molecule has 7 nitrogen and oxygen atoms in total. The van der Waals surface area contributed by atoms with Crippen molar-refractivity contribution in [3.8, 4) is 0 Å². The Morgan fingerprint density at radius 3 is 2.77 bits per heavy atom. The maximum Gasteiger partial charge on any atom is 0.319 e. The Balaban J connectivity index is 2.15. The monoisotopic (exact) mass is 342 g/mol. The van der Waals surface area contributed by atoms with E-state index in [2.05, 4.69) is 20.3 Å². The summed E-state index contributed by atoms with van der Waals surface area (Å²) in [6.07, 6.45) is 1.92. The van der Waals surface area contributed by atoms with Gasteiger partial charge in [-0.2, -0.15) is 0 Å². The summed E-state index contributed by atoms with van der Waals surface area (Å²) in [6, 6.07) is 5.04. The van der Waals surface area contributed by atoms with Crippen molar-refractivity contribution in [1.29, 1.82) is 0 Å². The van der Waals surface area contributed by atoms with Crippen molar-refractivity contribution in [1.82, 2.24) is 10.3 Å². The predicted molar refractivity (Wildman–Crippen MR) is 90.0 cm³/mol. The Morgan fingerprint density at radius 1 is 1.41 bits per heavy atom. The van der Waals surface area contributed by atoms with E-state index in [0.717, 1.165) is 17.4 Å². The Morgan fingerprint density at radius 2 is 2.14 bits per heavy atom. The summed E-state index contributed by atoms with van der Waals surface area (Å²) in [6.45, 7) is 3.92. The van der Waals surface area contributed by atoms with Crippen LogP contribution in [0.5, 0.6) is 0 Å². The third-order valence-corrected chi connectivity index (χ3v) is 4.54. The van der Waals surface area contributed by atoms with Gasteiger partial charge in [-0.3, -0.25) is 4.72 Å². The number of urea groups is 1. The fraction of sp³-hybridized carbons (Fsp3) is 0.385. The van der Waals surface area contributed by atoms with Crippen molar-refractivity contribution in [3.05, 3.63) is 18.2 Å². The van der Waals surface area contributed by atoms with Crippen molar-refractivity contribution in [3.63, 3.8) is 0 Å². The lowest BCUT2D eigenvalue weighted by Crippen LogP contribution is -2.35. The number of benzene rings is 1. The van der Waals surface area contributed by atoms with Gasteiger partial charge in [0.05, 0.1) is 16.5 Å². The molecule has 2 aromatic rings. The number of carbonyl (C=O) groups excluding carboxylic acids is 1. The van der Waals surface area contributed by atoms with E-state index < -0.39 is 10.0 Å². The van der Waals surface area contributed by atoms with Gasteiger partial charge in [0, 0.05) is 11.7 Å². The van der Waals surface area contributed by atoms with E-state index >= 15 is 0 Å². The van der Waals surface area contributed by atoms with Crippen molar-refractivity contribution in [2.75, 3.05) is 16.3 Å². The summed E-state index contributed by atoms with van der Waals surface area (Å²) >= 11 is 1.21. The summed E-state index contributed by atoms with van der Waals surface area (Å²) < 4.78 is 25.6. The molecule has 1 heterocycles. The first-order valence-corrected chi connectivity index (χ1v) is 9.43. The molecular formula is C13H18N4O3S2. The van der Waals surface area contributed by atoms with Crippen LogP contribution in [0.2, 0.25) is 0 Å². The van der Waals surface area contributed by atoms with E-state index in [-0.39, 0.29) is 12.1 Å². The third kappa shape index (κ3) is 4.57. The van der Waals surface area contributed by atoms with E-state index in [1.807, 2.05) is 13.8 Å². The molecule has 22 heavy (non-hydrogen) atoms. The number of thiazole rings is 1. The van der Waals surface area contributed by atoms with E-state index in [1.54, 1.807) is 18.2 Å². The second-order valence-corrected chi connectivity index (χ2v) is 7.76. The number of anilines is 2. The number of nitrogens with zero attached hydrogens (tertiary/aromatic N) is 1. The highest BCUT2D eigenvalue weighted by Gasteiger charge is 2.10. The number of carbonyl (C=O) groups is 1. The molecule has 0 saturated heterocycles. The molecule has 0 fully saturated rings. The van der Waals surface area contributed by atoms with Crippen LogP contribution in [0.1, 0.15) is 20.3 Å². The van der Waals surface area contributed by atoms with Crippen molar-refractivity contribution in [2.45, 2.75) is 26.3 Å². The molecule has 0 aliphatic heterocycles. The Hall–Kier alpha value is -1.87. The molecule has 3 N–H and O–H groups in total. The Bertz CT molecular complexity index is 786. The molecule has 0 bridgehead atoms. The van der Waals surface area contributed by atoms with Crippen LogP contribution in [0.3, 0.4) is 0 Å². The topological polar surface area (TPSA) is 100 Å². The van der Waals surface area contributed by atoms with Crippen LogP contribution in [-0.4, -0.2) is 31.7 Å². The summed E-state index contributed by atoms with van der Waals surface area (Å²) in [4.78, 5) is 16.0. The zero-order valence-corrected chi connectivity index (χ0v) is 14.1. The molecule has 1 atom stereocenters. The molecule has 2 amide bonds. The number of aromatic nitrogens is 1. The largest absolute Gasteiger partial charge is 0.335 e. The van der Waals surface area contributed by atoms with Gasteiger partial charge in [0.15, 0.2) is 5.13 Å². The number of hydrogen-bond donors (Lipinski definition) is 3. The summed E-state index contributed by atoms with van der Waals surface area (Å²) in [5.41, 5.74) is 1.30. The zero-order valence-electron chi connectivity index (χ0n) is 12.5. The van der Waals surface area contributed by atoms with Crippen molar-refractivity contribution in [2.24, 2.45) is 0 Å². The second-order valence-electron chi connectivity index (χ2n) is 4.98. The van der Waals surface area contributed by atoms with Crippen LogP contribution >= 0.6 is 11.3 Å². The fourth-order valence-electron chi connectivity index (χ4n) is 1.70. The number of fused-ring (bicyclic) bond motifs is 1. The van der Waals surface area contributed by atoms with Gasteiger partial charge in [-0.15, -0.1) is 0 Å². The van der Waals surface area contributed by atoms with Crippen LogP contribution in [0.25, 0.3) is 10.2 Å². The highest BCUT2D eigenvalue weighted by molar-refractivity contribution is 7.92. The molecule has 0 spiro atoms. The van der Waals surface area contributed by atoms with Crippen LogP contribution in [0.15, 0.2) is 18.2 Å². The normalized spacial score (nSPS) is 12.9. The summed E-state index contributed by atoms with van der Waals surface area (Å²) in [5, 5.41) is 5.86. The smallest absolute Gasteiger partial charge is 0.319 e. The highest BCUT2D eigenvalue weighted by atomic mass is 32.2. The first-order chi connectivity index (χ1) is 10.3. The molecule has 1 aromatic heterocycles. The fourth-order valence-corrected chi connectivity index (χ4v) is 3.44. The van der Waals surface area contributed by atoms with Gasteiger partial charge >= 0.3 is 6.03 Å². The summed E-state index contributed by atoms with van der Waals surface area (Å²) in [5.74, 6) is 0. The standard InChI is InChI=1S/C13H18N4O3S2/c1-4-8(2)14-12(18)15-9-5-6-10-11(7-9)21-13(16-10)17-22(3,19)20/h5-8H,4H2,1-3H3,(H,16,17)(H2,14,15,18)/t8-/m0/s1. The first kappa shape index (κ1) is 16.5. The predicted octanol–water partition coefficient (Wildman–Crippen LogP) is 2.59. The van der Waals surface area contributed by atoms with Gasteiger partial charge in [-0.1, -0.05) is 18.3 Å². The van der Waals surface area contributed by atoms with Crippen molar-refractivity contribution < 1.29 is 13.2 Å². The minimum atomic E-state index is -3.35. The average Bonchev–Trinajstić information content (AvgIpc) is 2.77. The molecule has 0 radical (unpaired) electrons. The zero-order chi connectivity index (χ0) is 16.3. The molecule has 2 rings (SSSR count). The first-order valence-electron chi connectivity index (χ1n) is 6.72. The van der Waals surface area contributed by atoms with Crippen molar-refractivity contribution >= 4 is 48.4 Å². The Kier molecular flexibility index (Phi) is 4.87. The molecule has 1 aromatic carbocycles. The van der Waals surface area contributed by atoms with Crippen LogP contribution < -0.4 is 15.4 Å². The Labute approximate surface area is 133 Å². The average molecular weight is 342 g/mol. The van der Waals surface area contributed by atoms with Crippen LogP contribution in [-0.2, 0) is 10.0 Å². The van der Waals surface area contributed by atoms with Crippen LogP contribution in [0, 0.1) is 0 Å². The van der Waals surface area contributed by atoms with Crippen LogP contribution in [0.4, 0.5) is 15.6 Å². The molecule has 9 heteroatoms. The van der Waals surface area contributed by atoms with E-state index in [1.165, 1.54) is 11.3 Å². The van der Waals surface area contributed by atoms with E-state index in [9.17, 15) is 13.2 Å². The SMILES string of the molecule is CC[C@H](C)NC(=O)Nc1ccc2nc(NS(C)(=O)=O)sc2c1.